The molecule has 0 amide bonds. The number of thioether (sulfide) groups is 1. The first-order valence-corrected chi connectivity index (χ1v) is 13.9. The van der Waals surface area contributed by atoms with Crippen molar-refractivity contribution in [1.29, 1.82) is 0 Å². The lowest BCUT2D eigenvalue weighted by Crippen LogP contribution is -2.42. The Balaban J connectivity index is 2.04. The van der Waals surface area contributed by atoms with Crippen molar-refractivity contribution < 1.29 is 8.85 Å². The van der Waals surface area contributed by atoms with Crippen LogP contribution in [0.15, 0.2) is 0 Å². The average Bonchev–Trinajstić information content (AvgIpc) is 2.82. The van der Waals surface area contributed by atoms with Gasteiger partial charge < -0.3 is 8.85 Å². The molecule has 1 saturated heterocycles. The van der Waals surface area contributed by atoms with Gasteiger partial charge in [-0.25, -0.2) is 0 Å². The van der Waals surface area contributed by atoms with Crippen LogP contribution in [0.4, 0.5) is 0 Å². The van der Waals surface area contributed by atoms with Crippen molar-refractivity contribution in [3.05, 3.63) is 0 Å². The summed E-state index contributed by atoms with van der Waals surface area (Å²) in [5.41, 5.74) is 0. The van der Waals surface area contributed by atoms with Crippen LogP contribution in [-0.4, -0.2) is 40.9 Å². The van der Waals surface area contributed by atoms with Crippen LogP contribution in [-0.2, 0) is 8.85 Å². The Kier molecular flexibility index (Phi) is 5.58. The Morgan fingerprint density at radius 3 is 2.38 bits per heavy atom. The van der Waals surface area contributed by atoms with Gasteiger partial charge in [0.05, 0.1) is 12.7 Å². The van der Waals surface area contributed by atoms with Gasteiger partial charge in [-0.05, 0) is 51.0 Å². The van der Waals surface area contributed by atoms with Gasteiger partial charge in [-0.2, -0.15) is 11.8 Å². The lowest BCUT2D eigenvalue weighted by molar-refractivity contribution is 0.426. The molecule has 16 heavy (non-hydrogen) atoms. The third-order valence-corrected chi connectivity index (χ3v) is 9.76. The minimum Gasteiger partial charge on any atom is -0.456 e. The number of hydrogen-bond donors (Lipinski definition) is 0. The number of epoxide rings is 1. The maximum atomic E-state index is 6.31. The molecule has 1 fully saturated rings. The lowest BCUT2D eigenvalue weighted by Gasteiger charge is -2.31. The van der Waals surface area contributed by atoms with Crippen molar-refractivity contribution in [2.24, 2.45) is 0 Å². The fraction of sp³-hybridized carbons (Fsp3) is 1.00. The summed E-state index contributed by atoms with van der Waals surface area (Å²) in [7, 11) is -2.72. The monoisotopic (exact) mass is 278 g/mol. The van der Waals surface area contributed by atoms with Crippen LogP contribution < -0.4 is 0 Å². The van der Waals surface area contributed by atoms with Crippen LogP contribution in [0.2, 0.25) is 38.8 Å². The van der Waals surface area contributed by atoms with Gasteiger partial charge in [-0.3, -0.25) is 0 Å². The van der Waals surface area contributed by atoms with E-state index in [1.807, 2.05) is 11.8 Å². The molecule has 0 N–H and O–H groups in total. The summed E-state index contributed by atoms with van der Waals surface area (Å²) in [5, 5.41) is 0. The van der Waals surface area contributed by atoms with E-state index < -0.39 is 16.6 Å². The largest absolute Gasteiger partial charge is 0.456 e. The topological polar surface area (TPSA) is 21.8 Å². The zero-order chi connectivity index (χ0) is 12.2. The summed E-state index contributed by atoms with van der Waals surface area (Å²) in [5.74, 6) is 2.46. The lowest BCUT2D eigenvalue weighted by atomic mass is 10.6. The highest BCUT2D eigenvalue weighted by molar-refractivity contribution is 7.99. The van der Waals surface area contributed by atoms with E-state index in [4.69, 9.17) is 8.85 Å². The van der Waals surface area contributed by atoms with E-state index >= 15 is 0 Å². The van der Waals surface area contributed by atoms with E-state index in [9.17, 15) is 0 Å². The van der Waals surface area contributed by atoms with Crippen LogP contribution in [0.5, 0.6) is 0 Å². The Bertz CT molecular complexity index is 213. The van der Waals surface area contributed by atoms with E-state index in [-0.39, 0.29) is 0 Å². The van der Waals surface area contributed by atoms with Crippen LogP contribution in [0.25, 0.3) is 0 Å². The molecule has 96 valence electrons. The Morgan fingerprint density at radius 2 is 1.88 bits per heavy atom. The van der Waals surface area contributed by atoms with Gasteiger partial charge in [0, 0.05) is 5.75 Å². The molecular formula is C11H26O2SSi2. The van der Waals surface area contributed by atoms with E-state index in [1.165, 1.54) is 24.0 Å². The second-order valence-corrected chi connectivity index (χ2v) is 16.3. The van der Waals surface area contributed by atoms with Crippen molar-refractivity contribution in [2.75, 3.05) is 18.1 Å². The van der Waals surface area contributed by atoms with Gasteiger partial charge >= 0.3 is 0 Å². The number of ether oxygens (including phenoxy) is 1. The maximum absolute atomic E-state index is 6.31. The molecule has 0 aromatic carbocycles. The molecule has 0 bridgehead atoms. The second kappa shape index (κ2) is 6.04. The van der Waals surface area contributed by atoms with E-state index in [2.05, 4.69) is 32.7 Å². The maximum Gasteiger partial charge on any atom is 0.173 e. The first-order chi connectivity index (χ1) is 7.29. The smallest absolute Gasteiger partial charge is 0.173 e. The molecule has 0 radical (unpaired) electrons. The predicted octanol–water partition coefficient (Wildman–Crippen LogP) is 3.57. The summed E-state index contributed by atoms with van der Waals surface area (Å²) in [6.45, 7) is 12.6. The third kappa shape index (κ3) is 7.89. The molecule has 0 aliphatic carbocycles. The molecular weight excluding hydrogens is 252 g/mol. The van der Waals surface area contributed by atoms with E-state index in [1.54, 1.807) is 0 Å². The summed E-state index contributed by atoms with van der Waals surface area (Å²) in [4.78, 5) is 0. The second-order valence-electron chi connectivity index (χ2n) is 6.11. The highest BCUT2D eigenvalue weighted by atomic mass is 32.2. The summed E-state index contributed by atoms with van der Waals surface area (Å²) >= 11 is 2.04. The molecule has 1 aliphatic rings. The molecule has 0 aromatic heterocycles. The van der Waals surface area contributed by atoms with Crippen molar-refractivity contribution in [3.8, 4) is 0 Å². The molecule has 1 atom stereocenters. The zero-order valence-corrected chi connectivity index (χ0v) is 14.2. The fourth-order valence-electron chi connectivity index (χ4n) is 1.86. The molecule has 1 aliphatic heterocycles. The van der Waals surface area contributed by atoms with Crippen LogP contribution in [0.1, 0.15) is 6.42 Å². The molecule has 0 aromatic rings. The number of hydrogen-bond acceptors (Lipinski definition) is 3. The normalized spacial score (nSPS) is 21.2. The highest BCUT2D eigenvalue weighted by Gasteiger charge is 2.29. The van der Waals surface area contributed by atoms with Crippen molar-refractivity contribution >= 4 is 28.4 Å². The van der Waals surface area contributed by atoms with Gasteiger partial charge in [0.1, 0.15) is 0 Å². The van der Waals surface area contributed by atoms with Gasteiger partial charge in [0.15, 0.2) is 16.6 Å². The standard InChI is InChI=1S/C11H26O2SSi2/c1-15(2,3)13-16(4,5)8-6-7-14-10-11-9-12-11/h11H,6-10H2,1-5H3. The SMILES string of the molecule is C[Si](C)(C)O[Si](C)(C)CCCSCC1CO1. The van der Waals surface area contributed by atoms with Gasteiger partial charge in [-0.15, -0.1) is 0 Å². The quantitative estimate of drug-likeness (QED) is 0.385. The summed E-state index contributed by atoms with van der Waals surface area (Å²) in [6.07, 6.45) is 1.88. The summed E-state index contributed by atoms with van der Waals surface area (Å²) < 4.78 is 11.5. The average molecular weight is 279 g/mol. The molecule has 1 unspecified atom stereocenters. The molecule has 0 spiro atoms. The Labute approximate surface area is 107 Å². The Morgan fingerprint density at radius 1 is 1.25 bits per heavy atom. The molecule has 5 heteroatoms. The predicted molar refractivity (Wildman–Crippen MR) is 78.4 cm³/mol. The number of rotatable bonds is 8. The van der Waals surface area contributed by atoms with Crippen LogP contribution in [0, 0.1) is 0 Å². The van der Waals surface area contributed by atoms with Gasteiger partial charge in [0.2, 0.25) is 0 Å². The first-order valence-electron chi connectivity index (χ1n) is 6.18. The molecule has 1 rings (SSSR count). The van der Waals surface area contributed by atoms with Crippen molar-refractivity contribution in [3.63, 3.8) is 0 Å². The van der Waals surface area contributed by atoms with Crippen LogP contribution in [0.3, 0.4) is 0 Å². The summed E-state index contributed by atoms with van der Waals surface area (Å²) in [6, 6.07) is 1.30. The Hall–Kier alpha value is 0.704. The highest BCUT2D eigenvalue weighted by Crippen LogP contribution is 2.22. The van der Waals surface area contributed by atoms with Gasteiger partial charge in [-0.1, -0.05) is 0 Å². The minimum atomic E-state index is -1.38. The molecule has 0 saturated carbocycles. The first kappa shape index (κ1) is 14.8. The van der Waals surface area contributed by atoms with E-state index in [0.717, 1.165) is 6.61 Å². The van der Waals surface area contributed by atoms with Crippen LogP contribution >= 0.6 is 11.8 Å². The van der Waals surface area contributed by atoms with E-state index in [0.29, 0.717) is 6.10 Å². The minimum absolute atomic E-state index is 0.577. The van der Waals surface area contributed by atoms with Crippen molar-refractivity contribution in [2.45, 2.75) is 51.3 Å². The molecule has 1 heterocycles. The third-order valence-electron chi connectivity index (χ3n) is 2.36. The zero-order valence-electron chi connectivity index (χ0n) is 11.3. The fourth-order valence-corrected chi connectivity index (χ4v) is 11.2. The molecule has 2 nitrogen and oxygen atoms in total. The van der Waals surface area contributed by atoms with Crippen molar-refractivity contribution in [1.82, 2.24) is 0 Å². The van der Waals surface area contributed by atoms with Gasteiger partial charge in [0.25, 0.3) is 0 Å².